The Morgan fingerprint density at radius 1 is 1.33 bits per heavy atom. The van der Waals surface area contributed by atoms with E-state index in [1.165, 1.54) is 37.6 Å². The van der Waals surface area contributed by atoms with Gasteiger partial charge in [0.2, 0.25) is 0 Å². The minimum Gasteiger partial charge on any atom is -0.381 e. The largest absolute Gasteiger partial charge is 0.381 e. The molecule has 1 N–H and O–H groups in total. The molecule has 2 rings (SSSR count). The van der Waals surface area contributed by atoms with Gasteiger partial charge in [-0.1, -0.05) is 13.8 Å². The van der Waals surface area contributed by atoms with E-state index in [1.54, 1.807) is 0 Å². The zero-order valence-electron chi connectivity index (χ0n) is 11.9. The van der Waals surface area contributed by atoms with Crippen LogP contribution in [-0.4, -0.2) is 62.3 Å². The van der Waals surface area contributed by atoms with Gasteiger partial charge in [0.05, 0.1) is 6.61 Å². The standard InChI is InChI=1S/C14H28N2OS/c1-13(2)9-15-10-14(3-6-17-12-14)11-16-4-7-18-8-5-16/h13,15H,3-12H2,1-2H3. The predicted octanol–water partition coefficient (Wildman–Crippen LogP) is 1.69. The van der Waals surface area contributed by atoms with Gasteiger partial charge in [0, 0.05) is 49.7 Å². The summed E-state index contributed by atoms with van der Waals surface area (Å²) >= 11 is 2.09. The van der Waals surface area contributed by atoms with Crippen LogP contribution < -0.4 is 5.32 Å². The van der Waals surface area contributed by atoms with Crippen LogP contribution in [-0.2, 0) is 4.74 Å². The minimum atomic E-state index is 0.372. The summed E-state index contributed by atoms with van der Waals surface area (Å²) in [6.07, 6.45) is 1.22. The molecule has 106 valence electrons. The van der Waals surface area contributed by atoms with Crippen LogP contribution >= 0.6 is 11.8 Å². The summed E-state index contributed by atoms with van der Waals surface area (Å²) in [6, 6.07) is 0. The average molecular weight is 272 g/mol. The molecule has 0 aromatic rings. The molecule has 1 unspecified atom stereocenters. The van der Waals surface area contributed by atoms with Gasteiger partial charge in [0.15, 0.2) is 0 Å². The SMILES string of the molecule is CC(C)CNCC1(CN2CCSCC2)CCOC1. The van der Waals surface area contributed by atoms with Crippen molar-refractivity contribution in [3.63, 3.8) is 0 Å². The Kier molecular flexibility index (Phi) is 5.80. The molecular weight excluding hydrogens is 244 g/mol. The topological polar surface area (TPSA) is 24.5 Å². The van der Waals surface area contributed by atoms with Gasteiger partial charge in [-0.2, -0.15) is 11.8 Å². The van der Waals surface area contributed by atoms with Crippen LogP contribution in [0.4, 0.5) is 0 Å². The molecule has 18 heavy (non-hydrogen) atoms. The average Bonchev–Trinajstić information content (AvgIpc) is 2.78. The monoisotopic (exact) mass is 272 g/mol. The molecule has 0 spiro atoms. The highest BCUT2D eigenvalue weighted by Crippen LogP contribution is 2.30. The van der Waals surface area contributed by atoms with Crippen molar-refractivity contribution in [3.8, 4) is 0 Å². The summed E-state index contributed by atoms with van der Waals surface area (Å²) in [5, 5.41) is 3.65. The number of hydrogen-bond acceptors (Lipinski definition) is 4. The highest BCUT2D eigenvalue weighted by molar-refractivity contribution is 7.99. The smallest absolute Gasteiger partial charge is 0.0547 e. The lowest BCUT2D eigenvalue weighted by atomic mass is 9.86. The molecular formula is C14H28N2OS. The minimum absolute atomic E-state index is 0.372. The Morgan fingerprint density at radius 3 is 2.72 bits per heavy atom. The Hall–Kier alpha value is 0.230. The number of rotatable bonds is 6. The summed E-state index contributed by atoms with van der Waals surface area (Å²) in [6.45, 7) is 12.4. The summed E-state index contributed by atoms with van der Waals surface area (Å²) in [7, 11) is 0. The lowest BCUT2D eigenvalue weighted by Crippen LogP contribution is -2.47. The van der Waals surface area contributed by atoms with Gasteiger partial charge in [-0.15, -0.1) is 0 Å². The van der Waals surface area contributed by atoms with Crippen LogP contribution in [0.2, 0.25) is 0 Å². The molecule has 4 heteroatoms. The maximum Gasteiger partial charge on any atom is 0.0547 e. The lowest BCUT2D eigenvalue weighted by molar-refractivity contribution is 0.112. The van der Waals surface area contributed by atoms with E-state index >= 15 is 0 Å². The van der Waals surface area contributed by atoms with Crippen molar-refractivity contribution < 1.29 is 4.74 Å². The Bertz CT molecular complexity index is 236. The van der Waals surface area contributed by atoms with Crippen LogP contribution in [0, 0.1) is 11.3 Å². The van der Waals surface area contributed by atoms with E-state index in [0.717, 1.165) is 32.2 Å². The van der Waals surface area contributed by atoms with Crippen LogP contribution in [0.3, 0.4) is 0 Å². The molecule has 0 aromatic carbocycles. The number of hydrogen-bond donors (Lipinski definition) is 1. The number of nitrogens with one attached hydrogen (secondary N) is 1. The predicted molar refractivity (Wildman–Crippen MR) is 79.3 cm³/mol. The van der Waals surface area contributed by atoms with Gasteiger partial charge in [-0.05, 0) is 18.9 Å². The van der Waals surface area contributed by atoms with E-state index < -0.39 is 0 Å². The molecule has 0 aliphatic carbocycles. The van der Waals surface area contributed by atoms with E-state index in [2.05, 4.69) is 35.8 Å². The van der Waals surface area contributed by atoms with Crippen LogP contribution in [0.1, 0.15) is 20.3 Å². The first kappa shape index (κ1) is 14.6. The van der Waals surface area contributed by atoms with Crippen LogP contribution in [0.25, 0.3) is 0 Å². The van der Waals surface area contributed by atoms with E-state index in [0.29, 0.717) is 5.41 Å². The molecule has 0 saturated carbocycles. The first-order valence-electron chi connectivity index (χ1n) is 7.29. The fraction of sp³-hybridized carbons (Fsp3) is 1.00. The van der Waals surface area contributed by atoms with E-state index in [9.17, 15) is 0 Å². The van der Waals surface area contributed by atoms with Gasteiger partial charge >= 0.3 is 0 Å². The first-order valence-corrected chi connectivity index (χ1v) is 8.44. The van der Waals surface area contributed by atoms with Gasteiger partial charge in [-0.3, -0.25) is 0 Å². The maximum atomic E-state index is 5.69. The first-order chi connectivity index (χ1) is 8.70. The van der Waals surface area contributed by atoms with E-state index in [1.807, 2.05) is 0 Å². The third-order valence-corrected chi connectivity index (χ3v) is 4.84. The van der Waals surface area contributed by atoms with Gasteiger partial charge in [0.25, 0.3) is 0 Å². The van der Waals surface area contributed by atoms with E-state index in [-0.39, 0.29) is 0 Å². The molecule has 2 aliphatic heterocycles. The molecule has 2 heterocycles. The van der Waals surface area contributed by atoms with Crippen molar-refractivity contribution >= 4 is 11.8 Å². The van der Waals surface area contributed by atoms with Crippen LogP contribution in [0.5, 0.6) is 0 Å². The second-order valence-electron chi connectivity index (χ2n) is 6.22. The summed E-state index contributed by atoms with van der Waals surface area (Å²) < 4.78 is 5.69. The van der Waals surface area contributed by atoms with Crippen LogP contribution in [0.15, 0.2) is 0 Å². The highest BCUT2D eigenvalue weighted by atomic mass is 32.2. The number of nitrogens with zero attached hydrogens (tertiary/aromatic N) is 1. The van der Waals surface area contributed by atoms with Gasteiger partial charge < -0.3 is 15.0 Å². The number of thioether (sulfide) groups is 1. The van der Waals surface area contributed by atoms with Crippen molar-refractivity contribution in [2.45, 2.75) is 20.3 Å². The van der Waals surface area contributed by atoms with Crippen molar-refractivity contribution in [1.82, 2.24) is 10.2 Å². The quantitative estimate of drug-likeness (QED) is 0.795. The molecule has 2 saturated heterocycles. The molecule has 0 amide bonds. The molecule has 0 radical (unpaired) electrons. The molecule has 0 aromatic heterocycles. The fourth-order valence-corrected chi connectivity index (χ4v) is 3.81. The highest BCUT2D eigenvalue weighted by Gasteiger charge is 2.36. The summed E-state index contributed by atoms with van der Waals surface area (Å²) in [5.41, 5.74) is 0.372. The van der Waals surface area contributed by atoms with Crippen molar-refractivity contribution in [2.75, 3.05) is 57.4 Å². The Balaban J connectivity index is 1.81. The third kappa shape index (κ3) is 4.41. The number of ether oxygens (including phenoxy) is 1. The Labute approximate surface area is 116 Å². The van der Waals surface area contributed by atoms with Gasteiger partial charge in [0.1, 0.15) is 0 Å². The second kappa shape index (κ2) is 7.13. The lowest BCUT2D eigenvalue weighted by Gasteiger charge is -2.36. The summed E-state index contributed by atoms with van der Waals surface area (Å²) in [5.74, 6) is 3.34. The zero-order chi connectivity index (χ0) is 12.8. The summed E-state index contributed by atoms with van der Waals surface area (Å²) in [4.78, 5) is 2.64. The van der Waals surface area contributed by atoms with Gasteiger partial charge in [-0.25, -0.2) is 0 Å². The molecule has 0 bridgehead atoms. The maximum absolute atomic E-state index is 5.69. The molecule has 2 aliphatic rings. The third-order valence-electron chi connectivity index (χ3n) is 3.90. The second-order valence-corrected chi connectivity index (χ2v) is 7.44. The molecule has 1 atom stereocenters. The molecule has 2 fully saturated rings. The van der Waals surface area contributed by atoms with E-state index in [4.69, 9.17) is 4.74 Å². The molecule has 3 nitrogen and oxygen atoms in total. The zero-order valence-corrected chi connectivity index (χ0v) is 12.7. The fourth-order valence-electron chi connectivity index (χ4n) is 2.83. The van der Waals surface area contributed by atoms with Crippen molar-refractivity contribution in [2.24, 2.45) is 11.3 Å². The van der Waals surface area contributed by atoms with Crippen molar-refractivity contribution in [1.29, 1.82) is 0 Å². The van der Waals surface area contributed by atoms with Crippen molar-refractivity contribution in [3.05, 3.63) is 0 Å². The Morgan fingerprint density at radius 2 is 2.11 bits per heavy atom. The normalized spacial score (nSPS) is 30.2.